The van der Waals surface area contributed by atoms with Crippen molar-refractivity contribution in [1.82, 2.24) is 0 Å². The first kappa shape index (κ1) is 27.0. The number of thioether (sulfide) groups is 1. The summed E-state index contributed by atoms with van der Waals surface area (Å²) < 4.78 is 16.6. The maximum absolute atomic E-state index is 13.8. The molecule has 1 aliphatic heterocycles. The van der Waals surface area contributed by atoms with Gasteiger partial charge in [0.1, 0.15) is 12.5 Å². The Hall–Kier alpha value is -3.06. The highest BCUT2D eigenvalue weighted by atomic mass is 32.2. The fraction of sp³-hybridized carbons (Fsp3) is 0.433. The average molecular weight is 522 g/mol. The molecule has 0 aromatic heterocycles. The second kappa shape index (κ2) is 12.0. The number of hydrogen-bond acceptors (Lipinski definition) is 7. The van der Waals surface area contributed by atoms with Crippen LogP contribution in [-0.4, -0.2) is 49.8 Å². The first-order valence-electron chi connectivity index (χ1n) is 12.7. The van der Waals surface area contributed by atoms with Crippen LogP contribution in [0.25, 0.3) is 0 Å². The lowest BCUT2D eigenvalue weighted by molar-refractivity contribution is -0.145. The minimum Gasteiger partial charge on any atom is -0.493 e. The molecule has 2 aliphatic rings. The summed E-state index contributed by atoms with van der Waals surface area (Å²) in [7, 11) is 3.21. The van der Waals surface area contributed by atoms with Gasteiger partial charge in [-0.25, -0.2) is 0 Å². The molecule has 2 aromatic carbocycles. The number of aliphatic imine (C=N–C) groups is 1. The third-order valence-corrected chi connectivity index (χ3v) is 7.96. The summed E-state index contributed by atoms with van der Waals surface area (Å²) >= 11 is 1.73. The summed E-state index contributed by atoms with van der Waals surface area (Å²) in [6.45, 7) is 6.33. The number of benzene rings is 2. The molecule has 0 radical (unpaired) electrons. The summed E-state index contributed by atoms with van der Waals surface area (Å²) in [6.07, 6.45) is 0.964. The van der Waals surface area contributed by atoms with E-state index in [-0.39, 0.29) is 17.7 Å². The maximum Gasteiger partial charge on any atom is 0.315 e. The molecule has 4 rings (SSSR count). The quantitative estimate of drug-likeness (QED) is 0.303. The monoisotopic (exact) mass is 521 g/mol. The zero-order valence-corrected chi connectivity index (χ0v) is 23.0. The zero-order chi connectivity index (χ0) is 26.5. The van der Waals surface area contributed by atoms with Gasteiger partial charge in [0.05, 0.1) is 14.2 Å². The van der Waals surface area contributed by atoms with Gasteiger partial charge in [-0.2, -0.15) is 11.8 Å². The van der Waals surface area contributed by atoms with Gasteiger partial charge in [0.15, 0.2) is 17.3 Å². The molecule has 2 aromatic rings. The Labute approximate surface area is 223 Å². The molecule has 3 atom stereocenters. The van der Waals surface area contributed by atoms with Gasteiger partial charge in [0, 0.05) is 35.1 Å². The van der Waals surface area contributed by atoms with Crippen LogP contribution in [0.1, 0.15) is 55.2 Å². The van der Waals surface area contributed by atoms with E-state index in [0.29, 0.717) is 42.2 Å². The van der Waals surface area contributed by atoms with E-state index >= 15 is 0 Å². The molecule has 0 fully saturated rings. The van der Waals surface area contributed by atoms with E-state index in [9.17, 15) is 9.59 Å². The third-order valence-electron chi connectivity index (χ3n) is 7.10. The predicted octanol–water partition coefficient (Wildman–Crippen LogP) is 5.88. The van der Waals surface area contributed by atoms with Gasteiger partial charge in [-0.3, -0.25) is 14.6 Å². The van der Waals surface area contributed by atoms with Crippen molar-refractivity contribution < 1.29 is 23.8 Å². The average Bonchev–Trinajstić information content (AvgIpc) is 2.89. The number of allylic oxidation sites excluding steroid dienone is 2. The molecule has 196 valence electrons. The third kappa shape index (κ3) is 5.77. The number of carbonyl (C=O) groups is 2. The Morgan fingerprint density at radius 1 is 1.03 bits per heavy atom. The fourth-order valence-electron chi connectivity index (χ4n) is 5.37. The number of hydrogen-bond donors (Lipinski definition) is 0. The van der Waals surface area contributed by atoms with Gasteiger partial charge in [-0.1, -0.05) is 42.8 Å². The molecule has 1 aliphatic carbocycles. The minimum absolute atomic E-state index is 0.0307. The number of carbonyl (C=O) groups excluding carboxylic acids is 2. The van der Waals surface area contributed by atoms with Crippen molar-refractivity contribution >= 4 is 29.2 Å². The molecule has 1 unspecified atom stereocenters. The number of methoxy groups -OCH3 is 2. The standard InChI is InChI=1S/C30H35NO5S/c1-6-37-13-12-36-30(33)27-19(3)31-23-15-22(20-10-11-25(34-4)26(17-20)35-5)16-24(32)29(23)28(27)21-9-7-8-18(2)14-21/h7-11,14,17,22,27-28H,6,12-13,15-16H2,1-5H3/t22-,27?,28+/m0/s1. The number of rotatable bonds is 9. The second-order valence-electron chi connectivity index (χ2n) is 9.49. The molecular formula is C30H35NO5S. The summed E-state index contributed by atoms with van der Waals surface area (Å²) in [5.74, 6) is 1.67. The summed E-state index contributed by atoms with van der Waals surface area (Å²) in [5.41, 5.74) is 5.15. The molecule has 6 nitrogen and oxygen atoms in total. The zero-order valence-electron chi connectivity index (χ0n) is 22.2. The highest BCUT2D eigenvalue weighted by molar-refractivity contribution is 7.99. The van der Waals surface area contributed by atoms with Gasteiger partial charge in [0.25, 0.3) is 0 Å². The van der Waals surface area contributed by atoms with E-state index in [1.165, 1.54) is 0 Å². The van der Waals surface area contributed by atoms with E-state index in [4.69, 9.17) is 19.2 Å². The molecule has 0 bridgehead atoms. The number of Topliss-reactive ketones (excluding diaryl/α,β-unsaturated/α-hetero) is 1. The van der Waals surface area contributed by atoms with Crippen molar-refractivity contribution in [3.05, 3.63) is 70.4 Å². The van der Waals surface area contributed by atoms with Gasteiger partial charge in [0.2, 0.25) is 0 Å². The lowest BCUT2D eigenvalue weighted by Crippen LogP contribution is -2.38. The molecule has 1 heterocycles. The van der Waals surface area contributed by atoms with E-state index < -0.39 is 11.8 Å². The van der Waals surface area contributed by atoms with Crippen LogP contribution in [-0.2, 0) is 14.3 Å². The van der Waals surface area contributed by atoms with Crippen molar-refractivity contribution in [3.63, 3.8) is 0 Å². The van der Waals surface area contributed by atoms with Crippen LogP contribution in [0.5, 0.6) is 11.5 Å². The SMILES string of the molecule is CCSCCOC(=O)C1C(C)=NC2=C(C(=O)C[C@@H](c3ccc(OC)c(OC)c3)C2)[C@@H]1c1cccc(C)c1. The molecule has 37 heavy (non-hydrogen) atoms. The topological polar surface area (TPSA) is 74.2 Å². The fourth-order valence-corrected chi connectivity index (χ4v) is 5.86. The number of esters is 1. The van der Waals surface area contributed by atoms with Crippen molar-refractivity contribution in [3.8, 4) is 11.5 Å². The normalized spacial score (nSPS) is 21.3. The minimum atomic E-state index is -0.617. The van der Waals surface area contributed by atoms with Crippen LogP contribution in [0.4, 0.5) is 0 Å². The van der Waals surface area contributed by atoms with E-state index in [1.807, 2.05) is 50.2 Å². The Morgan fingerprint density at radius 3 is 2.51 bits per heavy atom. The molecule has 0 saturated carbocycles. The first-order chi connectivity index (χ1) is 17.9. The molecule has 0 spiro atoms. The summed E-state index contributed by atoms with van der Waals surface area (Å²) in [4.78, 5) is 32.0. The van der Waals surface area contributed by atoms with Crippen LogP contribution >= 0.6 is 11.8 Å². The lowest BCUT2D eigenvalue weighted by atomic mass is 9.69. The Bertz CT molecular complexity index is 1230. The highest BCUT2D eigenvalue weighted by Crippen LogP contribution is 2.47. The van der Waals surface area contributed by atoms with Crippen LogP contribution in [0.3, 0.4) is 0 Å². The van der Waals surface area contributed by atoms with Crippen molar-refractivity contribution in [2.45, 2.75) is 45.4 Å². The van der Waals surface area contributed by atoms with Gasteiger partial charge in [-0.05, 0) is 55.2 Å². The van der Waals surface area contributed by atoms with Gasteiger partial charge >= 0.3 is 5.97 Å². The smallest absolute Gasteiger partial charge is 0.315 e. The van der Waals surface area contributed by atoms with Gasteiger partial charge < -0.3 is 14.2 Å². The molecule has 0 saturated heterocycles. The Kier molecular flexibility index (Phi) is 8.75. The Balaban J connectivity index is 1.71. The number of aryl methyl sites for hydroxylation is 1. The van der Waals surface area contributed by atoms with Gasteiger partial charge in [-0.15, -0.1) is 0 Å². The summed E-state index contributed by atoms with van der Waals surface area (Å²) in [6, 6.07) is 13.9. The predicted molar refractivity (Wildman–Crippen MR) is 148 cm³/mol. The maximum atomic E-state index is 13.8. The first-order valence-corrected chi connectivity index (χ1v) is 13.9. The van der Waals surface area contributed by atoms with Crippen LogP contribution in [0.2, 0.25) is 0 Å². The van der Waals surface area contributed by atoms with Crippen molar-refractivity contribution in [1.29, 1.82) is 0 Å². The van der Waals surface area contributed by atoms with E-state index in [0.717, 1.165) is 33.9 Å². The largest absolute Gasteiger partial charge is 0.493 e. The number of ketones is 1. The van der Waals surface area contributed by atoms with Crippen molar-refractivity contribution in [2.24, 2.45) is 10.9 Å². The van der Waals surface area contributed by atoms with Crippen LogP contribution < -0.4 is 9.47 Å². The lowest BCUT2D eigenvalue weighted by Gasteiger charge is -2.36. The van der Waals surface area contributed by atoms with Crippen LogP contribution in [0, 0.1) is 12.8 Å². The Morgan fingerprint density at radius 2 is 1.81 bits per heavy atom. The second-order valence-corrected chi connectivity index (χ2v) is 10.9. The molecular weight excluding hydrogens is 486 g/mol. The van der Waals surface area contributed by atoms with E-state index in [1.54, 1.807) is 26.0 Å². The summed E-state index contributed by atoms with van der Waals surface area (Å²) in [5, 5.41) is 0. The molecule has 0 N–H and O–H groups in total. The number of nitrogens with zero attached hydrogens (tertiary/aromatic N) is 1. The van der Waals surface area contributed by atoms with E-state index in [2.05, 4.69) is 13.0 Å². The molecule has 7 heteroatoms. The molecule has 0 amide bonds. The number of ether oxygens (including phenoxy) is 3. The van der Waals surface area contributed by atoms with Crippen molar-refractivity contribution in [2.75, 3.05) is 32.3 Å². The highest BCUT2D eigenvalue weighted by Gasteiger charge is 2.44. The van der Waals surface area contributed by atoms with Crippen LogP contribution in [0.15, 0.2) is 58.7 Å².